The molecule has 1 aromatic rings. The summed E-state index contributed by atoms with van der Waals surface area (Å²) in [5.41, 5.74) is 0.676. The summed E-state index contributed by atoms with van der Waals surface area (Å²) in [5.74, 6) is 1.17. The Bertz CT molecular complexity index is 713. The van der Waals surface area contributed by atoms with Crippen LogP contribution in [0.5, 0.6) is 11.5 Å². The Morgan fingerprint density at radius 3 is 2.81 bits per heavy atom. The largest absolute Gasteiger partial charge is 0.454 e. The summed E-state index contributed by atoms with van der Waals surface area (Å²) < 4.78 is 10.7. The van der Waals surface area contributed by atoms with Crippen LogP contribution in [0.1, 0.15) is 45.6 Å². The number of amides is 2. The maximum absolute atomic E-state index is 12.6. The molecule has 0 radical (unpaired) electrons. The van der Waals surface area contributed by atoms with Gasteiger partial charge in [-0.05, 0) is 36.0 Å². The zero-order valence-corrected chi connectivity index (χ0v) is 16.2. The third kappa shape index (κ3) is 4.53. The zero-order valence-electron chi connectivity index (χ0n) is 16.2. The van der Waals surface area contributed by atoms with Gasteiger partial charge >= 0.3 is 0 Å². The summed E-state index contributed by atoms with van der Waals surface area (Å²) in [6.45, 7) is 6.83. The van der Waals surface area contributed by atoms with E-state index in [0.29, 0.717) is 43.9 Å². The molecule has 2 aliphatic rings. The summed E-state index contributed by atoms with van der Waals surface area (Å²) in [6.07, 6.45) is 0.871. The predicted octanol–water partition coefficient (Wildman–Crippen LogP) is 1.82. The van der Waals surface area contributed by atoms with Crippen LogP contribution in [0, 0.1) is 5.41 Å². The van der Waals surface area contributed by atoms with Gasteiger partial charge < -0.3 is 24.8 Å². The number of carbonyl (C=O) groups excluding carboxylic acids is 2. The maximum Gasteiger partial charge on any atom is 0.242 e. The molecule has 1 aromatic carbocycles. The molecule has 2 heterocycles. The zero-order chi connectivity index (χ0) is 19.6. The van der Waals surface area contributed by atoms with E-state index in [1.54, 1.807) is 4.90 Å². The molecule has 3 rings (SSSR count). The summed E-state index contributed by atoms with van der Waals surface area (Å²) in [6, 6.07) is 5.08. The lowest BCUT2D eigenvalue weighted by molar-refractivity contribution is -0.135. The second-order valence-corrected chi connectivity index (χ2v) is 8.23. The van der Waals surface area contributed by atoms with Crippen LogP contribution in [0.4, 0.5) is 0 Å². The van der Waals surface area contributed by atoms with E-state index in [4.69, 9.17) is 9.47 Å². The number of nitrogens with zero attached hydrogens (tertiary/aromatic N) is 1. The molecule has 27 heavy (non-hydrogen) atoms. The average molecular weight is 376 g/mol. The van der Waals surface area contributed by atoms with Crippen molar-refractivity contribution in [3.63, 3.8) is 0 Å². The van der Waals surface area contributed by atoms with Crippen molar-refractivity contribution in [3.05, 3.63) is 23.8 Å². The number of fused-ring (bicyclic) bond motifs is 1. The number of nitrogens with one attached hydrogen (secondary N) is 1. The van der Waals surface area contributed by atoms with E-state index < -0.39 is 12.1 Å². The standard InChI is InChI=1S/C20H28N2O5/c1-20(2,3)17(23)8-9-21-19(25)14-5-7-18(24)22(14)11-13-4-6-15-16(10-13)27-12-26-15/h4,6,10,14,17,23H,5,7-9,11-12H2,1-3H3,(H,21,25). The van der Waals surface area contributed by atoms with Crippen molar-refractivity contribution >= 4 is 11.8 Å². The molecule has 2 N–H and O–H groups in total. The van der Waals surface area contributed by atoms with Gasteiger partial charge in [0.25, 0.3) is 0 Å². The molecule has 2 aliphatic heterocycles. The molecule has 7 heteroatoms. The van der Waals surface area contributed by atoms with E-state index >= 15 is 0 Å². The molecule has 1 fully saturated rings. The minimum absolute atomic E-state index is 0.0254. The highest BCUT2D eigenvalue weighted by atomic mass is 16.7. The second kappa shape index (κ2) is 7.76. The van der Waals surface area contributed by atoms with Crippen LogP contribution in [0.15, 0.2) is 18.2 Å². The fraction of sp³-hybridized carbons (Fsp3) is 0.600. The van der Waals surface area contributed by atoms with Gasteiger partial charge in [0.15, 0.2) is 11.5 Å². The first-order chi connectivity index (χ1) is 12.8. The van der Waals surface area contributed by atoms with Crippen LogP contribution < -0.4 is 14.8 Å². The van der Waals surface area contributed by atoms with Crippen molar-refractivity contribution in [2.75, 3.05) is 13.3 Å². The Morgan fingerprint density at radius 1 is 1.33 bits per heavy atom. The number of ether oxygens (including phenoxy) is 2. The van der Waals surface area contributed by atoms with Crippen LogP contribution in [-0.2, 0) is 16.1 Å². The molecule has 0 aromatic heterocycles. The molecule has 0 bridgehead atoms. The summed E-state index contributed by atoms with van der Waals surface area (Å²) in [5, 5.41) is 13.0. The van der Waals surface area contributed by atoms with Gasteiger partial charge in [0.2, 0.25) is 18.6 Å². The molecular weight excluding hydrogens is 348 g/mol. The smallest absolute Gasteiger partial charge is 0.242 e. The number of hydrogen-bond acceptors (Lipinski definition) is 5. The summed E-state index contributed by atoms with van der Waals surface area (Å²) in [4.78, 5) is 26.5. The molecule has 0 spiro atoms. The third-order valence-corrected chi connectivity index (χ3v) is 5.14. The van der Waals surface area contributed by atoms with Crippen molar-refractivity contribution in [2.24, 2.45) is 5.41 Å². The normalized spacial score (nSPS) is 20.1. The van der Waals surface area contributed by atoms with Crippen molar-refractivity contribution in [1.29, 1.82) is 0 Å². The molecule has 2 amide bonds. The quantitative estimate of drug-likeness (QED) is 0.791. The average Bonchev–Trinajstić information content (AvgIpc) is 3.20. The lowest BCUT2D eigenvalue weighted by Gasteiger charge is -2.27. The Labute approximate surface area is 159 Å². The SMILES string of the molecule is CC(C)(C)C(O)CCNC(=O)C1CCC(=O)N1Cc1ccc2c(c1)OCO2. The van der Waals surface area contributed by atoms with Crippen LogP contribution in [0.3, 0.4) is 0 Å². The van der Waals surface area contributed by atoms with Crippen LogP contribution >= 0.6 is 0 Å². The Kier molecular flexibility index (Phi) is 5.60. The lowest BCUT2D eigenvalue weighted by atomic mass is 9.87. The molecule has 7 nitrogen and oxygen atoms in total. The van der Waals surface area contributed by atoms with Gasteiger partial charge in [-0.15, -0.1) is 0 Å². The van der Waals surface area contributed by atoms with Gasteiger partial charge in [0, 0.05) is 19.5 Å². The first kappa shape index (κ1) is 19.5. The van der Waals surface area contributed by atoms with E-state index in [2.05, 4.69) is 5.32 Å². The topological polar surface area (TPSA) is 88.1 Å². The van der Waals surface area contributed by atoms with Crippen LogP contribution in [0.2, 0.25) is 0 Å². The highest BCUT2D eigenvalue weighted by Gasteiger charge is 2.36. The number of rotatable bonds is 6. The highest BCUT2D eigenvalue weighted by Crippen LogP contribution is 2.33. The first-order valence-electron chi connectivity index (χ1n) is 9.39. The van der Waals surface area contributed by atoms with Crippen molar-refractivity contribution in [3.8, 4) is 11.5 Å². The third-order valence-electron chi connectivity index (χ3n) is 5.14. The molecule has 0 aliphatic carbocycles. The van der Waals surface area contributed by atoms with Gasteiger partial charge in [-0.25, -0.2) is 0 Å². The van der Waals surface area contributed by atoms with E-state index in [0.717, 1.165) is 5.56 Å². The Balaban J connectivity index is 1.58. The molecule has 1 saturated heterocycles. The van der Waals surface area contributed by atoms with Crippen LogP contribution in [-0.4, -0.2) is 47.3 Å². The Morgan fingerprint density at radius 2 is 2.07 bits per heavy atom. The first-order valence-corrected chi connectivity index (χ1v) is 9.39. The number of hydrogen-bond donors (Lipinski definition) is 2. The van der Waals surface area contributed by atoms with E-state index in [9.17, 15) is 14.7 Å². The summed E-state index contributed by atoms with van der Waals surface area (Å²) in [7, 11) is 0. The molecule has 2 atom stereocenters. The van der Waals surface area contributed by atoms with Crippen LogP contribution in [0.25, 0.3) is 0 Å². The van der Waals surface area contributed by atoms with Gasteiger partial charge in [0.1, 0.15) is 6.04 Å². The number of aliphatic hydroxyl groups is 1. The van der Waals surface area contributed by atoms with Gasteiger partial charge in [0.05, 0.1) is 6.10 Å². The minimum Gasteiger partial charge on any atom is -0.454 e. The summed E-state index contributed by atoms with van der Waals surface area (Å²) >= 11 is 0. The molecule has 2 unspecified atom stereocenters. The van der Waals surface area contributed by atoms with Crippen molar-refractivity contribution in [1.82, 2.24) is 10.2 Å². The number of aliphatic hydroxyl groups excluding tert-OH is 1. The fourth-order valence-corrected chi connectivity index (χ4v) is 3.32. The molecule has 0 saturated carbocycles. The predicted molar refractivity (Wildman–Crippen MR) is 99.2 cm³/mol. The van der Waals surface area contributed by atoms with E-state index in [1.165, 1.54) is 0 Å². The van der Waals surface area contributed by atoms with Crippen molar-refractivity contribution in [2.45, 2.75) is 58.7 Å². The van der Waals surface area contributed by atoms with Crippen molar-refractivity contribution < 1.29 is 24.2 Å². The lowest BCUT2D eigenvalue weighted by Crippen LogP contribution is -2.45. The fourth-order valence-electron chi connectivity index (χ4n) is 3.32. The van der Waals surface area contributed by atoms with Gasteiger partial charge in [-0.2, -0.15) is 0 Å². The number of likely N-dealkylation sites (tertiary alicyclic amines) is 1. The number of benzene rings is 1. The Hall–Kier alpha value is -2.28. The van der Waals surface area contributed by atoms with E-state index in [1.807, 2.05) is 39.0 Å². The minimum atomic E-state index is -0.493. The highest BCUT2D eigenvalue weighted by molar-refractivity contribution is 5.90. The monoisotopic (exact) mass is 376 g/mol. The van der Waals surface area contributed by atoms with E-state index in [-0.39, 0.29) is 24.0 Å². The number of carbonyl (C=O) groups is 2. The second-order valence-electron chi connectivity index (χ2n) is 8.23. The van der Waals surface area contributed by atoms with Gasteiger partial charge in [-0.1, -0.05) is 26.8 Å². The molecular formula is C20H28N2O5. The maximum atomic E-state index is 12.6. The van der Waals surface area contributed by atoms with Gasteiger partial charge in [-0.3, -0.25) is 9.59 Å². The molecule has 148 valence electrons.